The van der Waals surface area contributed by atoms with Gasteiger partial charge in [-0.05, 0) is 56.7 Å². The average molecular weight is 449 g/mol. The molecule has 1 aromatic carbocycles. The van der Waals surface area contributed by atoms with Gasteiger partial charge in [0.25, 0.3) is 5.91 Å². The lowest BCUT2D eigenvalue weighted by molar-refractivity contribution is 0.0599. The first kappa shape index (κ1) is 21.6. The van der Waals surface area contributed by atoms with Crippen molar-refractivity contribution in [1.82, 2.24) is 24.6 Å². The van der Waals surface area contributed by atoms with Crippen LogP contribution >= 0.6 is 0 Å². The summed E-state index contributed by atoms with van der Waals surface area (Å²) in [6.45, 7) is 4.30. The summed E-state index contributed by atoms with van der Waals surface area (Å²) in [7, 11) is 1.82. The van der Waals surface area contributed by atoms with Crippen LogP contribution in [0.5, 0.6) is 0 Å². The van der Waals surface area contributed by atoms with E-state index in [0.29, 0.717) is 24.5 Å². The van der Waals surface area contributed by atoms with Crippen LogP contribution in [0.3, 0.4) is 0 Å². The molecule has 0 radical (unpaired) electrons. The third kappa shape index (κ3) is 4.34. The number of carbonyl (C=O) groups is 1. The number of hydrogen-bond donors (Lipinski definition) is 0. The Morgan fingerprint density at radius 2 is 1.94 bits per heavy atom. The molecule has 3 aromatic rings. The maximum atomic E-state index is 13.4. The Balaban J connectivity index is 1.47. The first-order valence-corrected chi connectivity index (χ1v) is 11.7. The fraction of sp³-hybridized carbons (Fsp3) is 0.440. The summed E-state index contributed by atoms with van der Waals surface area (Å²) in [6, 6.07) is 6.51. The number of rotatable bonds is 4. The van der Waals surface area contributed by atoms with Crippen LogP contribution < -0.4 is 4.90 Å². The van der Waals surface area contributed by atoms with Crippen LogP contribution in [0, 0.1) is 12.7 Å². The van der Waals surface area contributed by atoms with Crippen molar-refractivity contribution in [3.63, 3.8) is 0 Å². The Kier molecular flexibility index (Phi) is 5.83. The maximum absolute atomic E-state index is 13.4. The van der Waals surface area contributed by atoms with E-state index >= 15 is 0 Å². The summed E-state index contributed by atoms with van der Waals surface area (Å²) in [6.07, 6.45) is 8.23. The van der Waals surface area contributed by atoms with E-state index in [-0.39, 0.29) is 17.8 Å². The Morgan fingerprint density at radius 3 is 2.70 bits per heavy atom. The average Bonchev–Trinajstić information content (AvgIpc) is 3.27. The third-order valence-corrected chi connectivity index (χ3v) is 6.66. The zero-order valence-corrected chi connectivity index (χ0v) is 19.2. The van der Waals surface area contributed by atoms with Gasteiger partial charge < -0.3 is 9.80 Å². The van der Waals surface area contributed by atoms with Crippen LogP contribution in [-0.2, 0) is 20.0 Å². The van der Waals surface area contributed by atoms with Gasteiger partial charge >= 0.3 is 0 Å². The molecule has 7 nitrogen and oxygen atoms in total. The minimum atomic E-state index is -0.228. The number of aryl methyl sites for hydroxylation is 2. The Labute approximate surface area is 193 Å². The van der Waals surface area contributed by atoms with Crippen molar-refractivity contribution in [2.75, 3.05) is 18.0 Å². The highest BCUT2D eigenvalue weighted by atomic mass is 19.1. The minimum Gasteiger partial charge on any atom is -0.352 e. The standard InChI is InChI=1S/C25H29FN6O/c1-17-21-6-5-12-31(15-18-8-10-20(26)11-9-18)24(21)29-23(28-17)22-7-3-4-13-32(22)25(33)19-14-27-30(2)16-19/h8-11,14,16,22H,3-7,12-13,15H2,1-2H3/t22-/m1/s1. The zero-order chi connectivity index (χ0) is 22.9. The van der Waals surface area contributed by atoms with Crippen LogP contribution in [0.25, 0.3) is 0 Å². The number of aromatic nitrogens is 4. The van der Waals surface area contributed by atoms with Gasteiger partial charge in [-0.15, -0.1) is 0 Å². The summed E-state index contributed by atoms with van der Waals surface area (Å²) >= 11 is 0. The van der Waals surface area contributed by atoms with E-state index in [2.05, 4.69) is 10.00 Å². The predicted molar refractivity (Wildman–Crippen MR) is 123 cm³/mol. The van der Waals surface area contributed by atoms with Crippen molar-refractivity contribution in [1.29, 1.82) is 0 Å². The van der Waals surface area contributed by atoms with Gasteiger partial charge in [0.2, 0.25) is 0 Å². The van der Waals surface area contributed by atoms with Gasteiger partial charge in [0.15, 0.2) is 5.82 Å². The largest absolute Gasteiger partial charge is 0.352 e. The lowest BCUT2D eigenvalue weighted by atomic mass is 9.98. The second-order valence-corrected chi connectivity index (χ2v) is 9.03. The molecule has 2 aromatic heterocycles. The van der Waals surface area contributed by atoms with Crippen molar-refractivity contribution in [3.8, 4) is 0 Å². The molecule has 5 rings (SSSR count). The van der Waals surface area contributed by atoms with E-state index in [1.165, 1.54) is 17.7 Å². The fourth-order valence-electron chi connectivity index (χ4n) is 4.96. The molecule has 0 bridgehead atoms. The summed E-state index contributed by atoms with van der Waals surface area (Å²) in [5.41, 5.74) is 3.80. The van der Waals surface area contributed by atoms with Crippen LogP contribution in [-0.4, -0.2) is 43.6 Å². The summed E-state index contributed by atoms with van der Waals surface area (Å²) < 4.78 is 15.0. The number of halogens is 1. The van der Waals surface area contributed by atoms with Gasteiger partial charge in [0.1, 0.15) is 11.6 Å². The normalized spacial score (nSPS) is 18.3. The number of piperidine rings is 1. The molecule has 0 unspecified atom stereocenters. The van der Waals surface area contributed by atoms with Crippen molar-refractivity contribution < 1.29 is 9.18 Å². The second kappa shape index (κ2) is 8.92. The first-order valence-electron chi connectivity index (χ1n) is 11.7. The molecule has 8 heteroatoms. The number of fused-ring (bicyclic) bond motifs is 1. The summed E-state index contributed by atoms with van der Waals surface area (Å²) in [5, 5.41) is 4.17. The number of nitrogens with zero attached hydrogens (tertiary/aromatic N) is 6. The molecule has 1 saturated heterocycles. The lowest BCUT2D eigenvalue weighted by Gasteiger charge is -2.36. The second-order valence-electron chi connectivity index (χ2n) is 9.03. The van der Waals surface area contributed by atoms with E-state index < -0.39 is 0 Å². The Bertz CT molecular complexity index is 1160. The van der Waals surface area contributed by atoms with E-state index in [0.717, 1.165) is 55.7 Å². The van der Waals surface area contributed by atoms with Crippen LogP contribution in [0.1, 0.15) is 64.7 Å². The van der Waals surface area contributed by atoms with E-state index in [1.54, 1.807) is 17.1 Å². The molecule has 0 N–H and O–H groups in total. The molecule has 33 heavy (non-hydrogen) atoms. The highest BCUT2D eigenvalue weighted by Crippen LogP contribution is 2.34. The Morgan fingerprint density at radius 1 is 1.12 bits per heavy atom. The quantitative estimate of drug-likeness (QED) is 0.604. The van der Waals surface area contributed by atoms with Gasteiger partial charge in [0, 0.05) is 44.1 Å². The smallest absolute Gasteiger partial charge is 0.257 e. The van der Waals surface area contributed by atoms with Crippen molar-refractivity contribution in [3.05, 3.63) is 70.7 Å². The van der Waals surface area contributed by atoms with Crippen molar-refractivity contribution >= 4 is 11.7 Å². The SMILES string of the molecule is Cc1nc([C@H]2CCCCN2C(=O)c2cnn(C)c2)nc2c1CCCN2Cc1ccc(F)cc1. The van der Waals surface area contributed by atoms with Crippen LogP contribution in [0.4, 0.5) is 10.2 Å². The van der Waals surface area contributed by atoms with Crippen LogP contribution in [0.15, 0.2) is 36.7 Å². The van der Waals surface area contributed by atoms with Gasteiger partial charge in [-0.3, -0.25) is 9.48 Å². The predicted octanol–water partition coefficient (Wildman–Crippen LogP) is 3.98. The van der Waals surface area contributed by atoms with Crippen LogP contribution in [0.2, 0.25) is 0 Å². The monoisotopic (exact) mass is 448 g/mol. The minimum absolute atomic E-state index is 0.0186. The molecule has 1 fully saturated rings. The number of amides is 1. The number of likely N-dealkylation sites (tertiary alicyclic amines) is 1. The molecule has 0 saturated carbocycles. The molecule has 2 aliphatic rings. The number of benzene rings is 1. The van der Waals surface area contributed by atoms with E-state index in [4.69, 9.17) is 9.97 Å². The molecule has 1 atom stereocenters. The molecule has 1 amide bonds. The lowest BCUT2D eigenvalue weighted by Crippen LogP contribution is -2.40. The molecular formula is C25H29FN6O. The zero-order valence-electron chi connectivity index (χ0n) is 19.2. The fourth-order valence-corrected chi connectivity index (χ4v) is 4.96. The first-order chi connectivity index (χ1) is 16.0. The maximum Gasteiger partial charge on any atom is 0.257 e. The molecule has 0 spiro atoms. The molecule has 4 heterocycles. The number of hydrogen-bond acceptors (Lipinski definition) is 5. The highest BCUT2D eigenvalue weighted by molar-refractivity contribution is 5.94. The van der Waals surface area contributed by atoms with E-state index in [9.17, 15) is 9.18 Å². The van der Waals surface area contributed by atoms with Gasteiger partial charge in [-0.25, -0.2) is 14.4 Å². The van der Waals surface area contributed by atoms with Crippen molar-refractivity contribution in [2.24, 2.45) is 7.05 Å². The third-order valence-electron chi connectivity index (χ3n) is 6.66. The molecular weight excluding hydrogens is 419 g/mol. The molecule has 172 valence electrons. The number of carbonyl (C=O) groups excluding carboxylic acids is 1. The Hall–Kier alpha value is -3.29. The topological polar surface area (TPSA) is 67.2 Å². The number of anilines is 1. The molecule has 2 aliphatic heterocycles. The van der Waals surface area contributed by atoms with Gasteiger partial charge in [0.05, 0.1) is 17.8 Å². The summed E-state index contributed by atoms with van der Waals surface area (Å²) in [4.78, 5) is 27.4. The highest BCUT2D eigenvalue weighted by Gasteiger charge is 2.33. The van der Waals surface area contributed by atoms with E-state index in [1.807, 2.05) is 31.0 Å². The molecule has 0 aliphatic carbocycles. The van der Waals surface area contributed by atoms with Gasteiger partial charge in [-0.2, -0.15) is 5.10 Å². The van der Waals surface area contributed by atoms with Gasteiger partial charge in [-0.1, -0.05) is 12.1 Å². The summed E-state index contributed by atoms with van der Waals surface area (Å²) in [5.74, 6) is 1.42. The van der Waals surface area contributed by atoms with Crippen molar-refractivity contribution in [2.45, 2.75) is 51.6 Å².